The molecule has 0 radical (unpaired) electrons. The van der Waals surface area contributed by atoms with E-state index in [0.717, 1.165) is 32.6 Å². The van der Waals surface area contributed by atoms with E-state index < -0.39 is 5.54 Å². The Labute approximate surface area is 104 Å². The zero-order valence-corrected chi connectivity index (χ0v) is 11.2. The predicted octanol–water partition coefficient (Wildman–Crippen LogP) is -0.0493. The number of amides is 1. The molecule has 2 atom stereocenters. The molecule has 0 aliphatic carbocycles. The molecule has 0 aromatic heterocycles. The van der Waals surface area contributed by atoms with Gasteiger partial charge in [0.1, 0.15) is 5.54 Å². The fourth-order valence-corrected chi connectivity index (χ4v) is 2.12. The SMILES string of the molecule is CCCNC(C)(CN(C)C1CCOC1)C(N)=O. The van der Waals surface area contributed by atoms with Crippen molar-refractivity contribution in [2.24, 2.45) is 5.73 Å². The average molecular weight is 243 g/mol. The summed E-state index contributed by atoms with van der Waals surface area (Å²) in [6.45, 7) is 6.93. The van der Waals surface area contributed by atoms with Crippen molar-refractivity contribution in [2.45, 2.75) is 38.3 Å². The number of nitrogens with zero attached hydrogens (tertiary/aromatic N) is 1. The van der Waals surface area contributed by atoms with E-state index in [4.69, 9.17) is 10.5 Å². The number of carbonyl (C=O) groups excluding carboxylic acids is 1. The second kappa shape index (κ2) is 6.33. The summed E-state index contributed by atoms with van der Waals surface area (Å²) in [5.41, 5.74) is 4.84. The van der Waals surface area contributed by atoms with Crippen molar-refractivity contribution < 1.29 is 9.53 Å². The number of hydrogen-bond donors (Lipinski definition) is 2. The highest BCUT2D eigenvalue weighted by Crippen LogP contribution is 2.14. The van der Waals surface area contributed by atoms with Crippen molar-refractivity contribution in [1.82, 2.24) is 10.2 Å². The van der Waals surface area contributed by atoms with Gasteiger partial charge < -0.3 is 15.8 Å². The van der Waals surface area contributed by atoms with E-state index in [1.807, 2.05) is 14.0 Å². The number of ether oxygens (including phenoxy) is 1. The number of likely N-dealkylation sites (N-methyl/N-ethyl adjacent to an activating group) is 1. The maximum absolute atomic E-state index is 11.6. The van der Waals surface area contributed by atoms with Gasteiger partial charge in [-0.3, -0.25) is 9.69 Å². The Bertz CT molecular complexity index is 254. The van der Waals surface area contributed by atoms with Crippen molar-refractivity contribution >= 4 is 5.91 Å². The standard InChI is InChI=1S/C12H25N3O2/c1-4-6-14-12(2,11(13)16)9-15(3)10-5-7-17-8-10/h10,14H,4-9H2,1-3H3,(H2,13,16). The summed E-state index contributed by atoms with van der Waals surface area (Å²) in [5, 5.41) is 3.24. The highest BCUT2D eigenvalue weighted by Gasteiger charge is 2.34. The molecule has 3 N–H and O–H groups in total. The Balaban J connectivity index is 2.55. The second-order valence-corrected chi connectivity index (χ2v) is 5.06. The fourth-order valence-electron chi connectivity index (χ4n) is 2.12. The molecule has 1 amide bonds. The van der Waals surface area contributed by atoms with Crippen molar-refractivity contribution in [1.29, 1.82) is 0 Å². The van der Waals surface area contributed by atoms with Crippen LogP contribution in [0.25, 0.3) is 0 Å². The minimum Gasteiger partial charge on any atom is -0.380 e. The first-order valence-electron chi connectivity index (χ1n) is 6.32. The molecule has 5 nitrogen and oxygen atoms in total. The number of nitrogens with one attached hydrogen (secondary N) is 1. The molecular weight excluding hydrogens is 218 g/mol. The third kappa shape index (κ3) is 3.94. The molecule has 2 unspecified atom stereocenters. The van der Waals surface area contributed by atoms with E-state index >= 15 is 0 Å². The van der Waals surface area contributed by atoms with Gasteiger partial charge in [-0.1, -0.05) is 6.92 Å². The second-order valence-electron chi connectivity index (χ2n) is 5.06. The van der Waals surface area contributed by atoms with E-state index in [-0.39, 0.29) is 5.91 Å². The molecule has 0 bridgehead atoms. The summed E-state index contributed by atoms with van der Waals surface area (Å²) in [7, 11) is 2.02. The van der Waals surface area contributed by atoms with Gasteiger partial charge in [0.05, 0.1) is 6.61 Å². The lowest BCUT2D eigenvalue weighted by Gasteiger charge is -2.34. The third-order valence-electron chi connectivity index (χ3n) is 3.40. The highest BCUT2D eigenvalue weighted by atomic mass is 16.5. The Morgan fingerprint density at radius 3 is 2.82 bits per heavy atom. The number of nitrogens with two attached hydrogens (primary N) is 1. The van der Waals surface area contributed by atoms with Crippen molar-refractivity contribution in [2.75, 3.05) is 33.4 Å². The van der Waals surface area contributed by atoms with Gasteiger partial charge in [-0.2, -0.15) is 0 Å². The van der Waals surface area contributed by atoms with Crippen LogP contribution < -0.4 is 11.1 Å². The molecule has 100 valence electrons. The fraction of sp³-hybridized carbons (Fsp3) is 0.917. The van der Waals surface area contributed by atoms with Gasteiger partial charge in [-0.05, 0) is 33.4 Å². The summed E-state index contributed by atoms with van der Waals surface area (Å²) >= 11 is 0. The number of hydrogen-bond acceptors (Lipinski definition) is 4. The molecule has 1 fully saturated rings. The molecule has 0 aromatic carbocycles. The molecule has 1 aliphatic rings. The number of rotatable bonds is 7. The first kappa shape index (κ1) is 14.4. The molecule has 1 heterocycles. The average Bonchev–Trinajstić information content (AvgIpc) is 2.79. The summed E-state index contributed by atoms with van der Waals surface area (Å²) in [6, 6.07) is 0.400. The summed E-state index contributed by atoms with van der Waals surface area (Å²) in [4.78, 5) is 13.7. The Hall–Kier alpha value is -0.650. The van der Waals surface area contributed by atoms with Crippen LogP contribution in [0.2, 0.25) is 0 Å². The minimum atomic E-state index is -0.659. The quantitative estimate of drug-likeness (QED) is 0.658. The van der Waals surface area contributed by atoms with Crippen LogP contribution in [0.4, 0.5) is 0 Å². The topological polar surface area (TPSA) is 67.6 Å². The molecule has 1 saturated heterocycles. The minimum absolute atomic E-state index is 0.295. The van der Waals surface area contributed by atoms with Gasteiger partial charge in [0.2, 0.25) is 5.91 Å². The number of primary amides is 1. The molecular formula is C12H25N3O2. The van der Waals surface area contributed by atoms with Crippen molar-refractivity contribution in [3.05, 3.63) is 0 Å². The van der Waals surface area contributed by atoms with Crippen LogP contribution in [0.15, 0.2) is 0 Å². The Morgan fingerprint density at radius 2 is 2.35 bits per heavy atom. The Morgan fingerprint density at radius 1 is 1.65 bits per heavy atom. The molecule has 0 aromatic rings. The van der Waals surface area contributed by atoms with Crippen LogP contribution in [0, 0.1) is 0 Å². The molecule has 5 heteroatoms. The summed E-state index contributed by atoms with van der Waals surface area (Å²) in [6.07, 6.45) is 2.01. The van der Waals surface area contributed by atoms with E-state index in [1.165, 1.54) is 0 Å². The van der Waals surface area contributed by atoms with E-state index in [0.29, 0.717) is 12.6 Å². The molecule has 1 aliphatic heterocycles. The van der Waals surface area contributed by atoms with Crippen LogP contribution in [0.3, 0.4) is 0 Å². The molecule has 1 rings (SSSR count). The van der Waals surface area contributed by atoms with Crippen LogP contribution in [-0.4, -0.2) is 55.7 Å². The van der Waals surface area contributed by atoms with Gasteiger partial charge in [0, 0.05) is 19.2 Å². The Kier molecular flexibility index (Phi) is 5.36. The number of carbonyl (C=O) groups is 1. The predicted molar refractivity (Wildman–Crippen MR) is 67.7 cm³/mol. The highest BCUT2D eigenvalue weighted by molar-refractivity contribution is 5.84. The normalized spacial score (nSPS) is 23.9. The van der Waals surface area contributed by atoms with Gasteiger partial charge in [-0.15, -0.1) is 0 Å². The van der Waals surface area contributed by atoms with Crippen LogP contribution in [0.1, 0.15) is 26.7 Å². The molecule has 0 saturated carbocycles. The van der Waals surface area contributed by atoms with Gasteiger partial charge >= 0.3 is 0 Å². The zero-order valence-electron chi connectivity index (χ0n) is 11.2. The van der Waals surface area contributed by atoms with Crippen LogP contribution in [-0.2, 0) is 9.53 Å². The van der Waals surface area contributed by atoms with Gasteiger partial charge in [0.15, 0.2) is 0 Å². The third-order valence-corrected chi connectivity index (χ3v) is 3.40. The lowest BCUT2D eigenvalue weighted by Crippen LogP contribution is -2.60. The van der Waals surface area contributed by atoms with Crippen LogP contribution in [0.5, 0.6) is 0 Å². The smallest absolute Gasteiger partial charge is 0.238 e. The van der Waals surface area contributed by atoms with Crippen molar-refractivity contribution in [3.8, 4) is 0 Å². The summed E-state index contributed by atoms with van der Waals surface area (Å²) in [5.74, 6) is -0.295. The first-order chi connectivity index (χ1) is 7.99. The van der Waals surface area contributed by atoms with Crippen molar-refractivity contribution in [3.63, 3.8) is 0 Å². The zero-order chi connectivity index (χ0) is 12.9. The molecule has 17 heavy (non-hydrogen) atoms. The molecule has 0 spiro atoms. The maximum Gasteiger partial charge on any atom is 0.238 e. The largest absolute Gasteiger partial charge is 0.380 e. The van der Waals surface area contributed by atoms with E-state index in [9.17, 15) is 4.79 Å². The van der Waals surface area contributed by atoms with Gasteiger partial charge in [-0.25, -0.2) is 0 Å². The maximum atomic E-state index is 11.6. The monoisotopic (exact) mass is 243 g/mol. The summed E-state index contributed by atoms with van der Waals surface area (Å²) < 4.78 is 5.36. The van der Waals surface area contributed by atoms with E-state index in [2.05, 4.69) is 17.1 Å². The van der Waals surface area contributed by atoms with Gasteiger partial charge in [0.25, 0.3) is 0 Å². The van der Waals surface area contributed by atoms with E-state index in [1.54, 1.807) is 0 Å². The lowest BCUT2D eigenvalue weighted by molar-refractivity contribution is -0.124. The first-order valence-corrected chi connectivity index (χ1v) is 6.32. The lowest BCUT2D eigenvalue weighted by atomic mass is 9.99. The van der Waals surface area contributed by atoms with Crippen LogP contribution >= 0.6 is 0 Å².